The molecule has 0 heterocycles. The summed E-state index contributed by atoms with van der Waals surface area (Å²) in [5.74, 6) is 3.75. The maximum absolute atomic E-state index is 12.3. The first kappa shape index (κ1) is 27.9. The molecule has 4 rings (SSSR count). The van der Waals surface area contributed by atoms with Gasteiger partial charge in [0.1, 0.15) is 0 Å². The summed E-state index contributed by atoms with van der Waals surface area (Å²) in [5, 5.41) is 35.3. The smallest absolute Gasteiger partial charge is 0.0657 e. The Morgan fingerprint density at radius 2 is 1.54 bits per heavy atom. The van der Waals surface area contributed by atoms with Crippen molar-refractivity contribution in [1.29, 1.82) is 0 Å². The Kier molecular flexibility index (Phi) is 7.39. The van der Waals surface area contributed by atoms with Crippen LogP contribution < -0.4 is 0 Å². The molecule has 0 aromatic carbocycles. The lowest BCUT2D eigenvalue weighted by Crippen LogP contribution is -2.75. The summed E-state index contributed by atoms with van der Waals surface area (Å²) in [7, 11) is 0. The van der Waals surface area contributed by atoms with Crippen LogP contribution in [0.1, 0.15) is 108 Å². The second-order valence-electron chi connectivity index (χ2n) is 15.1. The molecule has 0 bridgehead atoms. The molecule has 0 spiro atoms. The van der Waals surface area contributed by atoms with Gasteiger partial charge in [-0.05, 0) is 90.3 Å². The van der Waals surface area contributed by atoms with Crippen molar-refractivity contribution < 1.29 is 15.3 Å². The molecule has 204 valence electrons. The van der Waals surface area contributed by atoms with Crippen LogP contribution in [0, 0.1) is 75.4 Å². The maximum atomic E-state index is 12.3. The quantitative estimate of drug-likeness (QED) is 0.407. The van der Waals surface area contributed by atoms with Crippen LogP contribution in [0.3, 0.4) is 0 Å². The molecular formula is C32H58O3. The van der Waals surface area contributed by atoms with E-state index in [2.05, 4.69) is 62.3 Å². The molecule has 0 aliphatic heterocycles. The lowest BCUT2D eigenvalue weighted by molar-refractivity contribution is -0.319. The summed E-state index contributed by atoms with van der Waals surface area (Å²) in [6.07, 6.45) is 5.81. The third-order valence-corrected chi connectivity index (χ3v) is 14.0. The zero-order chi connectivity index (χ0) is 26.2. The number of rotatable bonds is 4. The third-order valence-electron chi connectivity index (χ3n) is 14.0. The van der Waals surface area contributed by atoms with E-state index in [4.69, 9.17) is 0 Å². The number of aliphatic hydroxyl groups is 3. The Morgan fingerprint density at radius 3 is 2.11 bits per heavy atom. The van der Waals surface area contributed by atoms with Crippen molar-refractivity contribution in [2.24, 2.45) is 75.4 Å². The predicted molar refractivity (Wildman–Crippen MR) is 145 cm³/mol. The fraction of sp³-hybridized carbons (Fsp3) is 1.00. The Labute approximate surface area is 216 Å². The van der Waals surface area contributed by atoms with Crippen LogP contribution in [0.5, 0.6) is 0 Å². The van der Waals surface area contributed by atoms with E-state index in [0.717, 1.165) is 6.42 Å². The van der Waals surface area contributed by atoms with Gasteiger partial charge in [0.15, 0.2) is 0 Å². The SMILES string of the molecule is CCC(C)CC1C2(C)C(C)C3CCCC(C)C3C(O)C2C(C)C2(C)C(O)C(C(C)O)C(C)CC12C. The Morgan fingerprint density at radius 1 is 0.914 bits per heavy atom. The molecule has 16 atom stereocenters. The van der Waals surface area contributed by atoms with Gasteiger partial charge in [-0.2, -0.15) is 0 Å². The average molecular weight is 491 g/mol. The third kappa shape index (κ3) is 3.59. The van der Waals surface area contributed by atoms with Crippen molar-refractivity contribution in [3.8, 4) is 0 Å². The van der Waals surface area contributed by atoms with Crippen LogP contribution in [-0.2, 0) is 0 Å². The van der Waals surface area contributed by atoms with Gasteiger partial charge in [0.2, 0.25) is 0 Å². The zero-order valence-electron chi connectivity index (χ0n) is 24.6. The highest BCUT2D eigenvalue weighted by Crippen LogP contribution is 2.76. The maximum Gasteiger partial charge on any atom is 0.0657 e. The molecule has 3 N–H and O–H groups in total. The molecule has 3 heteroatoms. The summed E-state index contributed by atoms with van der Waals surface area (Å²) >= 11 is 0. The second kappa shape index (κ2) is 9.26. The largest absolute Gasteiger partial charge is 0.393 e. The minimum absolute atomic E-state index is 0.0353. The zero-order valence-corrected chi connectivity index (χ0v) is 24.6. The van der Waals surface area contributed by atoms with Gasteiger partial charge in [-0.25, -0.2) is 0 Å². The number of hydrogen-bond acceptors (Lipinski definition) is 3. The van der Waals surface area contributed by atoms with Crippen LogP contribution in [0.25, 0.3) is 0 Å². The molecule has 0 aromatic heterocycles. The summed E-state index contributed by atoms with van der Waals surface area (Å²) < 4.78 is 0. The first-order valence-corrected chi connectivity index (χ1v) is 15.2. The van der Waals surface area contributed by atoms with E-state index in [9.17, 15) is 15.3 Å². The van der Waals surface area contributed by atoms with E-state index in [1.807, 2.05) is 6.92 Å². The first-order chi connectivity index (χ1) is 16.2. The molecule has 35 heavy (non-hydrogen) atoms. The Bertz CT molecular complexity index is 766. The monoisotopic (exact) mass is 490 g/mol. The van der Waals surface area contributed by atoms with Crippen LogP contribution in [-0.4, -0.2) is 33.6 Å². The van der Waals surface area contributed by atoms with Crippen molar-refractivity contribution in [1.82, 2.24) is 0 Å². The predicted octanol–water partition coefficient (Wildman–Crippen LogP) is 6.78. The van der Waals surface area contributed by atoms with Gasteiger partial charge in [-0.15, -0.1) is 0 Å². The van der Waals surface area contributed by atoms with E-state index in [0.29, 0.717) is 35.5 Å². The van der Waals surface area contributed by atoms with Crippen LogP contribution in [0.4, 0.5) is 0 Å². The highest BCUT2D eigenvalue weighted by Gasteiger charge is 2.74. The number of aliphatic hydroxyl groups excluding tert-OH is 3. The van der Waals surface area contributed by atoms with Crippen LogP contribution >= 0.6 is 0 Å². The molecule has 0 radical (unpaired) electrons. The van der Waals surface area contributed by atoms with Gasteiger partial charge in [0.05, 0.1) is 18.3 Å². The van der Waals surface area contributed by atoms with Gasteiger partial charge in [0.25, 0.3) is 0 Å². The molecule has 4 saturated carbocycles. The molecule has 4 fully saturated rings. The summed E-state index contributed by atoms with van der Waals surface area (Å²) in [5.41, 5.74) is -0.326. The normalized spacial score (nSPS) is 58.0. The molecule has 0 saturated heterocycles. The van der Waals surface area contributed by atoms with E-state index in [1.54, 1.807) is 0 Å². The van der Waals surface area contributed by atoms with Crippen LogP contribution in [0.15, 0.2) is 0 Å². The van der Waals surface area contributed by atoms with Crippen molar-refractivity contribution in [2.75, 3.05) is 0 Å². The van der Waals surface area contributed by atoms with Gasteiger partial charge in [-0.1, -0.05) is 81.6 Å². The molecule has 0 aromatic rings. The minimum Gasteiger partial charge on any atom is -0.393 e. The van der Waals surface area contributed by atoms with E-state index in [1.165, 1.54) is 32.1 Å². The van der Waals surface area contributed by atoms with E-state index >= 15 is 0 Å². The highest BCUT2D eigenvalue weighted by atomic mass is 16.3. The topological polar surface area (TPSA) is 60.7 Å². The van der Waals surface area contributed by atoms with Crippen molar-refractivity contribution in [2.45, 2.75) is 126 Å². The standard InChI is InChI=1S/C32H58O3/c1-11-17(2)15-24-30(8)16-19(4)25(22(7)33)29(35)32(30,10)21(6)27-28(34)26-18(3)13-12-14-23(26)20(5)31(24,27)9/h17-29,33-35H,11-16H2,1-10H3. The Balaban J connectivity index is 1.93. The van der Waals surface area contributed by atoms with Gasteiger partial charge in [0, 0.05) is 11.3 Å². The molecule has 4 aliphatic rings. The lowest BCUT2D eigenvalue weighted by atomic mass is 9.29. The minimum atomic E-state index is -0.556. The van der Waals surface area contributed by atoms with Gasteiger partial charge in [-0.3, -0.25) is 0 Å². The Hall–Kier alpha value is -0.120. The van der Waals surface area contributed by atoms with E-state index in [-0.39, 0.29) is 46.0 Å². The number of hydrogen-bond donors (Lipinski definition) is 3. The molecular weight excluding hydrogens is 432 g/mol. The molecule has 16 unspecified atom stereocenters. The summed E-state index contributed by atoms with van der Waals surface area (Å²) in [6, 6.07) is 0. The number of fused-ring (bicyclic) bond motifs is 3. The molecule has 3 nitrogen and oxygen atoms in total. The van der Waals surface area contributed by atoms with E-state index < -0.39 is 12.2 Å². The second-order valence-corrected chi connectivity index (χ2v) is 15.1. The fourth-order valence-corrected chi connectivity index (χ4v) is 11.7. The van der Waals surface area contributed by atoms with Crippen molar-refractivity contribution in [3.05, 3.63) is 0 Å². The summed E-state index contributed by atoms with van der Waals surface area (Å²) in [6.45, 7) is 23.6. The van der Waals surface area contributed by atoms with Gasteiger partial charge < -0.3 is 15.3 Å². The lowest BCUT2D eigenvalue weighted by Gasteiger charge is -2.76. The first-order valence-electron chi connectivity index (χ1n) is 15.2. The van der Waals surface area contributed by atoms with Crippen LogP contribution in [0.2, 0.25) is 0 Å². The average Bonchev–Trinajstić information content (AvgIpc) is 2.77. The molecule has 4 aliphatic carbocycles. The fourth-order valence-electron chi connectivity index (χ4n) is 11.7. The molecule has 0 amide bonds. The highest BCUT2D eigenvalue weighted by molar-refractivity contribution is 5.22. The van der Waals surface area contributed by atoms with Crippen molar-refractivity contribution in [3.63, 3.8) is 0 Å². The van der Waals surface area contributed by atoms with Gasteiger partial charge >= 0.3 is 0 Å². The van der Waals surface area contributed by atoms with Crippen molar-refractivity contribution >= 4 is 0 Å². The summed E-state index contributed by atoms with van der Waals surface area (Å²) in [4.78, 5) is 0.